The second-order valence-corrected chi connectivity index (χ2v) is 4.46. The average molecular weight is 267 g/mol. The van der Waals surface area contributed by atoms with E-state index >= 15 is 0 Å². The van der Waals surface area contributed by atoms with E-state index in [4.69, 9.17) is 9.26 Å². The Morgan fingerprint density at radius 2 is 2.11 bits per heavy atom. The first kappa shape index (κ1) is 13.5. The molecule has 2 rings (SSSR count). The third-order valence-electron chi connectivity index (χ3n) is 3.12. The van der Waals surface area contributed by atoms with Gasteiger partial charge in [-0.15, -0.1) is 0 Å². The van der Waals surface area contributed by atoms with Crippen LogP contribution in [0.15, 0.2) is 4.52 Å². The van der Waals surface area contributed by atoms with Crippen LogP contribution in [0.5, 0.6) is 0 Å². The van der Waals surface area contributed by atoms with E-state index in [-0.39, 0.29) is 23.6 Å². The fourth-order valence-electron chi connectivity index (χ4n) is 2.11. The summed E-state index contributed by atoms with van der Waals surface area (Å²) in [6.45, 7) is 4.83. The summed E-state index contributed by atoms with van der Waals surface area (Å²) in [5.41, 5.74) is 0. The molecule has 19 heavy (non-hydrogen) atoms. The van der Waals surface area contributed by atoms with Gasteiger partial charge in [0.25, 0.3) is 11.7 Å². The first-order chi connectivity index (χ1) is 9.11. The molecule has 1 aromatic heterocycles. The highest BCUT2D eigenvalue weighted by atomic mass is 16.5. The summed E-state index contributed by atoms with van der Waals surface area (Å²) in [7, 11) is 0. The van der Waals surface area contributed by atoms with Crippen molar-refractivity contribution in [3.63, 3.8) is 0 Å². The van der Waals surface area contributed by atoms with Crippen molar-refractivity contribution in [3.05, 3.63) is 11.7 Å². The lowest BCUT2D eigenvalue weighted by Gasteiger charge is -2.29. The molecule has 7 nitrogen and oxygen atoms in total. The van der Waals surface area contributed by atoms with E-state index in [0.29, 0.717) is 38.4 Å². The van der Waals surface area contributed by atoms with Crippen LogP contribution in [-0.2, 0) is 9.53 Å². The second kappa shape index (κ2) is 5.81. The van der Waals surface area contributed by atoms with Crippen LogP contribution in [0.25, 0.3) is 0 Å². The molecule has 0 saturated carbocycles. The molecule has 1 saturated heterocycles. The quantitative estimate of drug-likeness (QED) is 0.753. The van der Waals surface area contributed by atoms with Gasteiger partial charge in [0.1, 0.15) is 0 Å². The van der Waals surface area contributed by atoms with Crippen molar-refractivity contribution in [2.45, 2.75) is 26.7 Å². The molecule has 1 aromatic rings. The molecule has 1 aliphatic rings. The summed E-state index contributed by atoms with van der Waals surface area (Å²) in [5.74, 6) is -0.1000. The Bertz CT molecular complexity index is 463. The number of likely N-dealkylation sites (tertiary alicyclic amines) is 1. The highest BCUT2D eigenvalue weighted by molar-refractivity contribution is 5.90. The molecule has 2 heterocycles. The van der Waals surface area contributed by atoms with Gasteiger partial charge in [-0.3, -0.25) is 9.59 Å². The molecule has 0 unspecified atom stereocenters. The monoisotopic (exact) mass is 267 g/mol. The zero-order valence-electron chi connectivity index (χ0n) is 11.1. The van der Waals surface area contributed by atoms with Gasteiger partial charge in [-0.2, -0.15) is 4.98 Å². The van der Waals surface area contributed by atoms with Crippen LogP contribution in [0, 0.1) is 12.8 Å². The fourth-order valence-corrected chi connectivity index (χ4v) is 2.11. The highest BCUT2D eigenvalue weighted by Gasteiger charge is 2.30. The number of amides is 1. The van der Waals surface area contributed by atoms with E-state index < -0.39 is 0 Å². The lowest BCUT2D eigenvalue weighted by atomic mass is 9.97. The summed E-state index contributed by atoms with van der Waals surface area (Å²) in [6, 6.07) is 0. The van der Waals surface area contributed by atoms with Crippen molar-refractivity contribution in [2.24, 2.45) is 5.92 Å². The molecule has 0 spiro atoms. The summed E-state index contributed by atoms with van der Waals surface area (Å²) in [6.07, 6.45) is 1.23. The van der Waals surface area contributed by atoms with Gasteiger partial charge in [0.15, 0.2) is 0 Å². The van der Waals surface area contributed by atoms with Gasteiger partial charge in [0.2, 0.25) is 5.89 Å². The Morgan fingerprint density at radius 1 is 1.42 bits per heavy atom. The normalized spacial score (nSPS) is 16.4. The van der Waals surface area contributed by atoms with Crippen LogP contribution >= 0.6 is 0 Å². The molecule has 1 fully saturated rings. The zero-order chi connectivity index (χ0) is 13.8. The van der Waals surface area contributed by atoms with Gasteiger partial charge in [0, 0.05) is 20.0 Å². The van der Waals surface area contributed by atoms with Gasteiger partial charge in [-0.1, -0.05) is 5.16 Å². The van der Waals surface area contributed by atoms with Crippen LogP contribution < -0.4 is 0 Å². The highest BCUT2D eigenvalue weighted by Crippen LogP contribution is 2.19. The van der Waals surface area contributed by atoms with E-state index in [2.05, 4.69) is 10.1 Å². The summed E-state index contributed by atoms with van der Waals surface area (Å²) >= 11 is 0. The lowest BCUT2D eigenvalue weighted by Crippen LogP contribution is -2.41. The number of nitrogens with zero attached hydrogens (tertiary/aromatic N) is 3. The van der Waals surface area contributed by atoms with Crippen molar-refractivity contribution >= 4 is 11.9 Å². The summed E-state index contributed by atoms with van der Waals surface area (Å²) in [4.78, 5) is 29.2. The Morgan fingerprint density at radius 3 is 2.63 bits per heavy atom. The maximum atomic E-state index is 12.0. The van der Waals surface area contributed by atoms with Crippen LogP contribution in [-0.4, -0.2) is 46.6 Å². The summed E-state index contributed by atoms with van der Waals surface area (Å²) < 4.78 is 9.77. The Balaban J connectivity index is 1.89. The zero-order valence-corrected chi connectivity index (χ0v) is 11.1. The van der Waals surface area contributed by atoms with Crippen molar-refractivity contribution in [3.8, 4) is 0 Å². The van der Waals surface area contributed by atoms with Crippen LogP contribution in [0.3, 0.4) is 0 Å². The molecule has 0 N–H and O–H groups in total. The minimum Gasteiger partial charge on any atom is -0.466 e. The van der Waals surface area contributed by atoms with Crippen molar-refractivity contribution < 1.29 is 18.8 Å². The number of piperidine rings is 1. The second-order valence-electron chi connectivity index (χ2n) is 4.46. The lowest BCUT2D eigenvalue weighted by molar-refractivity contribution is -0.149. The minimum atomic E-state index is -0.251. The molecular formula is C12H17N3O4. The van der Waals surface area contributed by atoms with Crippen molar-refractivity contribution in [1.29, 1.82) is 0 Å². The molecule has 0 aromatic carbocycles. The molecule has 0 aliphatic carbocycles. The number of ether oxygens (including phenoxy) is 1. The Hall–Kier alpha value is -1.92. The predicted molar refractivity (Wildman–Crippen MR) is 64.3 cm³/mol. The maximum absolute atomic E-state index is 12.0. The summed E-state index contributed by atoms with van der Waals surface area (Å²) in [5, 5.41) is 3.61. The number of rotatable bonds is 3. The van der Waals surface area contributed by atoms with Crippen LogP contribution in [0.2, 0.25) is 0 Å². The number of carbonyl (C=O) groups excluding carboxylic acids is 2. The molecule has 104 valence electrons. The average Bonchev–Trinajstić information content (AvgIpc) is 2.85. The van der Waals surface area contributed by atoms with Gasteiger partial charge in [0.05, 0.1) is 12.5 Å². The van der Waals surface area contributed by atoms with E-state index in [1.807, 2.05) is 0 Å². The van der Waals surface area contributed by atoms with Gasteiger partial charge in [-0.25, -0.2) is 0 Å². The number of aryl methyl sites for hydroxylation is 1. The SMILES string of the molecule is CCOC(=O)C1CCN(C(=O)c2noc(C)n2)CC1. The van der Waals surface area contributed by atoms with E-state index in [1.165, 1.54) is 0 Å². The first-order valence-electron chi connectivity index (χ1n) is 6.38. The molecular weight excluding hydrogens is 250 g/mol. The molecule has 0 bridgehead atoms. The fraction of sp³-hybridized carbons (Fsp3) is 0.667. The van der Waals surface area contributed by atoms with Gasteiger partial charge in [-0.05, 0) is 19.8 Å². The standard InChI is InChI=1S/C12H17N3O4/c1-3-18-12(17)9-4-6-15(7-5-9)11(16)10-13-8(2)19-14-10/h9H,3-7H2,1-2H3. The van der Waals surface area contributed by atoms with Gasteiger partial charge < -0.3 is 14.2 Å². The largest absolute Gasteiger partial charge is 0.466 e. The molecule has 0 radical (unpaired) electrons. The topological polar surface area (TPSA) is 85.5 Å². The van der Waals surface area contributed by atoms with Crippen LogP contribution in [0.4, 0.5) is 0 Å². The third kappa shape index (κ3) is 3.10. The minimum absolute atomic E-state index is 0.0760. The maximum Gasteiger partial charge on any atom is 0.309 e. The van der Waals surface area contributed by atoms with Crippen molar-refractivity contribution in [1.82, 2.24) is 15.0 Å². The number of hydrogen-bond acceptors (Lipinski definition) is 6. The molecule has 0 atom stereocenters. The number of aromatic nitrogens is 2. The Labute approximate surface area is 110 Å². The number of esters is 1. The first-order valence-corrected chi connectivity index (χ1v) is 6.38. The number of hydrogen-bond donors (Lipinski definition) is 0. The molecule has 1 amide bonds. The van der Waals surface area contributed by atoms with E-state index in [1.54, 1.807) is 18.7 Å². The van der Waals surface area contributed by atoms with Crippen LogP contribution in [0.1, 0.15) is 36.3 Å². The smallest absolute Gasteiger partial charge is 0.309 e. The third-order valence-corrected chi connectivity index (χ3v) is 3.12. The molecule has 7 heteroatoms. The van der Waals surface area contributed by atoms with Crippen molar-refractivity contribution in [2.75, 3.05) is 19.7 Å². The predicted octanol–water partition coefficient (Wildman–Crippen LogP) is 0.793. The molecule has 1 aliphatic heterocycles. The van der Waals surface area contributed by atoms with E-state index in [0.717, 1.165) is 0 Å². The Kier molecular flexibility index (Phi) is 4.13. The van der Waals surface area contributed by atoms with E-state index in [9.17, 15) is 9.59 Å². The number of carbonyl (C=O) groups is 2. The van der Waals surface area contributed by atoms with Gasteiger partial charge >= 0.3 is 5.97 Å².